The molecule has 5 heteroatoms. The molecule has 0 bridgehead atoms. The van der Waals surface area contributed by atoms with Gasteiger partial charge in [0.2, 0.25) is 0 Å². The van der Waals surface area contributed by atoms with Crippen molar-refractivity contribution in [1.29, 1.82) is 0 Å². The van der Waals surface area contributed by atoms with Gasteiger partial charge in [-0.15, -0.1) is 0 Å². The molecule has 0 saturated carbocycles. The summed E-state index contributed by atoms with van der Waals surface area (Å²) < 4.78 is 4.27. The van der Waals surface area contributed by atoms with E-state index in [-0.39, 0.29) is 0 Å². The second-order valence-electron chi connectivity index (χ2n) is 4.72. The molecule has 1 aliphatic heterocycles. The number of aryl methyl sites for hydroxylation is 1. The largest absolute Gasteiger partial charge is 0.331 e. The highest BCUT2D eigenvalue weighted by Crippen LogP contribution is 2.25. The molecule has 1 atom stereocenters. The smallest absolute Gasteiger partial charge is 0.176 e. The average Bonchev–Trinajstić information content (AvgIpc) is 2.97. The number of nitrogens with zero attached hydrogens (tertiary/aromatic N) is 5. The normalized spacial score (nSPS) is 21.2. The Morgan fingerprint density at radius 1 is 1.12 bits per heavy atom. The van der Waals surface area contributed by atoms with E-state index < -0.39 is 0 Å². The van der Waals surface area contributed by atoms with Crippen LogP contribution in [0.5, 0.6) is 0 Å². The number of aromatic nitrogens is 4. The van der Waals surface area contributed by atoms with E-state index in [1.54, 1.807) is 0 Å². The first kappa shape index (κ1) is 10.5. The molecule has 1 aliphatic rings. The van der Waals surface area contributed by atoms with Crippen molar-refractivity contribution >= 4 is 0 Å². The van der Waals surface area contributed by atoms with Crippen LogP contribution in [-0.2, 0) is 7.05 Å². The van der Waals surface area contributed by atoms with Gasteiger partial charge in [-0.3, -0.25) is 0 Å². The summed E-state index contributed by atoms with van der Waals surface area (Å²) in [5.74, 6) is 1.90. The van der Waals surface area contributed by atoms with Gasteiger partial charge in [0, 0.05) is 44.4 Å². The van der Waals surface area contributed by atoms with Gasteiger partial charge in [-0.25, -0.2) is 9.97 Å². The molecule has 3 rings (SSSR count). The standard InChI is InChI=1S/C12H17N5/c1-15-6-3-10(9-15)17-8-5-14-12(17)11-13-4-7-16(11)2/h4-5,7-8,10H,3,6,9H2,1-2H3. The van der Waals surface area contributed by atoms with E-state index in [0.29, 0.717) is 6.04 Å². The summed E-state index contributed by atoms with van der Waals surface area (Å²) in [6.45, 7) is 2.25. The molecule has 3 heterocycles. The molecule has 0 aromatic carbocycles. The van der Waals surface area contributed by atoms with E-state index in [1.807, 2.05) is 30.2 Å². The fourth-order valence-electron chi connectivity index (χ4n) is 2.50. The molecule has 1 unspecified atom stereocenters. The number of likely N-dealkylation sites (tertiary alicyclic amines) is 1. The topological polar surface area (TPSA) is 38.9 Å². The van der Waals surface area contributed by atoms with Gasteiger partial charge in [0.15, 0.2) is 11.6 Å². The van der Waals surface area contributed by atoms with Gasteiger partial charge >= 0.3 is 0 Å². The fraction of sp³-hybridized carbons (Fsp3) is 0.500. The van der Waals surface area contributed by atoms with Crippen molar-refractivity contribution in [1.82, 2.24) is 24.0 Å². The Morgan fingerprint density at radius 3 is 2.53 bits per heavy atom. The summed E-state index contributed by atoms with van der Waals surface area (Å²) in [6.07, 6.45) is 8.88. The average molecular weight is 231 g/mol. The number of imidazole rings is 2. The molecule has 17 heavy (non-hydrogen) atoms. The Bertz CT molecular complexity index is 512. The van der Waals surface area contributed by atoms with Crippen molar-refractivity contribution in [2.24, 2.45) is 7.05 Å². The minimum absolute atomic E-state index is 0.522. The first-order valence-corrected chi connectivity index (χ1v) is 5.95. The highest BCUT2D eigenvalue weighted by Gasteiger charge is 2.24. The first-order chi connectivity index (χ1) is 8.25. The summed E-state index contributed by atoms with van der Waals surface area (Å²) in [6, 6.07) is 0.522. The Labute approximate surface area is 101 Å². The lowest BCUT2D eigenvalue weighted by Crippen LogP contribution is -2.17. The van der Waals surface area contributed by atoms with Crippen LogP contribution >= 0.6 is 0 Å². The number of rotatable bonds is 2. The van der Waals surface area contributed by atoms with E-state index in [9.17, 15) is 0 Å². The highest BCUT2D eigenvalue weighted by atomic mass is 15.2. The maximum absolute atomic E-state index is 4.45. The summed E-state index contributed by atoms with van der Waals surface area (Å²) in [4.78, 5) is 11.2. The van der Waals surface area contributed by atoms with Crippen LogP contribution < -0.4 is 0 Å². The van der Waals surface area contributed by atoms with Crippen LogP contribution in [0.3, 0.4) is 0 Å². The molecule has 0 spiro atoms. The lowest BCUT2D eigenvalue weighted by atomic mass is 10.2. The lowest BCUT2D eigenvalue weighted by Gasteiger charge is -2.15. The zero-order chi connectivity index (χ0) is 11.8. The molecule has 1 fully saturated rings. The van der Waals surface area contributed by atoms with Gasteiger partial charge in [0.25, 0.3) is 0 Å². The van der Waals surface area contributed by atoms with Crippen LogP contribution in [0.1, 0.15) is 12.5 Å². The summed E-state index contributed by atoms with van der Waals surface area (Å²) in [5, 5.41) is 0. The second-order valence-corrected chi connectivity index (χ2v) is 4.72. The molecular formula is C12H17N5. The van der Waals surface area contributed by atoms with E-state index in [1.165, 1.54) is 6.42 Å². The van der Waals surface area contributed by atoms with Crippen LogP contribution in [-0.4, -0.2) is 44.1 Å². The van der Waals surface area contributed by atoms with E-state index >= 15 is 0 Å². The quantitative estimate of drug-likeness (QED) is 0.778. The Kier molecular flexibility index (Phi) is 2.48. The second kappa shape index (κ2) is 4.00. The molecule has 0 radical (unpaired) electrons. The third-order valence-corrected chi connectivity index (χ3v) is 3.45. The van der Waals surface area contributed by atoms with Crippen LogP contribution in [0.25, 0.3) is 11.6 Å². The predicted molar refractivity (Wildman–Crippen MR) is 65.6 cm³/mol. The van der Waals surface area contributed by atoms with Crippen LogP contribution in [0.2, 0.25) is 0 Å². The number of hydrogen-bond acceptors (Lipinski definition) is 3. The molecule has 2 aromatic heterocycles. The van der Waals surface area contributed by atoms with Gasteiger partial charge < -0.3 is 14.0 Å². The Morgan fingerprint density at radius 2 is 1.88 bits per heavy atom. The first-order valence-electron chi connectivity index (χ1n) is 5.95. The van der Waals surface area contributed by atoms with Gasteiger partial charge in [-0.1, -0.05) is 0 Å². The zero-order valence-corrected chi connectivity index (χ0v) is 10.2. The highest BCUT2D eigenvalue weighted by molar-refractivity contribution is 5.45. The predicted octanol–water partition coefficient (Wildman–Crippen LogP) is 1.16. The Balaban J connectivity index is 1.97. The molecule has 0 amide bonds. The lowest BCUT2D eigenvalue weighted by molar-refractivity contribution is 0.393. The van der Waals surface area contributed by atoms with Crippen LogP contribution in [0, 0.1) is 0 Å². The monoisotopic (exact) mass is 231 g/mol. The van der Waals surface area contributed by atoms with Crippen molar-refractivity contribution < 1.29 is 0 Å². The molecule has 90 valence electrons. The van der Waals surface area contributed by atoms with Crippen molar-refractivity contribution in [3.05, 3.63) is 24.8 Å². The van der Waals surface area contributed by atoms with Crippen LogP contribution in [0.4, 0.5) is 0 Å². The van der Waals surface area contributed by atoms with Gasteiger partial charge in [0.1, 0.15) is 0 Å². The SMILES string of the molecule is CN1CCC(n2ccnc2-c2nccn2C)C1. The third-order valence-electron chi connectivity index (χ3n) is 3.45. The number of hydrogen-bond donors (Lipinski definition) is 0. The van der Waals surface area contributed by atoms with Gasteiger partial charge in [-0.05, 0) is 20.0 Å². The van der Waals surface area contributed by atoms with Gasteiger partial charge in [-0.2, -0.15) is 0 Å². The molecular weight excluding hydrogens is 214 g/mol. The third kappa shape index (κ3) is 1.76. The van der Waals surface area contributed by atoms with Crippen LogP contribution in [0.15, 0.2) is 24.8 Å². The van der Waals surface area contributed by atoms with E-state index in [4.69, 9.17) is 0 Å². The zero-order valence-electron chi connectivity index (χ0n) is 10.2. The molecule has 5 nitrogen and oxygen atoms in total. The van der Waals surface area contributed by atoms with Crippen molar-refractivity contribution in [3.63, 3.8) is 0 Å². The molecule has 0 aliphatic carbocycles. The van der Waals surface area contributed by atoms with Crippen molar-refractivity contribution in [3.8, 4) is 11.6 Å². The molecule has 2 aromatic rings. The summed E-state index contributed by atoms with van der Waals surface area (Å²) >= 11 is 0. The summed E-state index contributed by atoms with van der Waals surface area (Å²) in [7, 11) is 4.17. The summed E-state index contributed by atoms with van der Waals surface area (Å²) in [5.41, 5.74) is 0. The van der Waals surface area contributed by atoms with Crippen molar-refractivity contribution in [2.75, 3.05) is 20.1 Å². The molecule has 0 N–H and O–H groups in total. The molecule has 1 saturated heterocycles. The van der Waals surface area contributed by atoms with Gasteiger partial charge in [0.05, 0.1) is 0 Å². The number of likely N-dealkylation sites (N-methyl/N-ethyl adjacent to an activating group) is 1. The Hall–Kier alpha value is -1.62. The fourth-order valence-corrected chi connectivity index (χ4v) is 2.50. The maximum Gasteiger partial charge on any atom is 0.176 e. The van der Waals surface area contributed by atoms with E-state index in [2.05, 4.69) is 32.7 Å². The van der Waals surface area contributed by atoms with E-state index in [0.717, 1.165) is 24.7 Å². The minimum Gasteiger partial charge on any atom is -0.331 e. The van der Waals surface area contributed by atoms with Crippen molar-refractivity contribution in [2.45, 2.75) is 12.5 Å². The minimum atomic E-state index is 0.522. The maximum atomic E-state index is 4.45.